The van der Waals surface area contributed by atoms with E-state index in [9.17, 15) is 22.8 Å². The average molecular weight is 561 g/mol. The van der Waals surface area contributed by atoms with E-state index in [1.54, 1.807) is 0 Å². The van der Waals surface area contributed by atoms with Crippen LogP contribution >= 0.6 is 11.6 Å². The first kappa shape index (κ1) is 26.9. The lowest BCUT2D eigenvalue weighted by Gasteiger charge is -2.28. The first-order valence-electron chi connectivity index (χ1n) is 12.2. The second kappa shape index (κ2) is 11.2. The molecule has 204 valence electrons. The minimum Gasteiger partial charge on any atom is -0.436 e. The van der Waals surface area contributed by atoms with Crippen molar-refractivity contribution in [3.63, 3.8) is 0 Å². The molecule has 1 fully saturated rings. The van der Waals surface area contributed by atoms with Gasteiger partial charge in [-0.05, 0) is 35.9 Å². The number of halogens is 4. The van der Waals surface area contributed by atoms with Crippen LogP contribution < -0.4 is 20.7 Å². The maximum Gasteiger partial charge on any atom is 0.416 e. The number of amides is 1. The summed E-state index contributed by atoms with van der Waals surface area (Å²) in [6.45, 7) is 3.34. The predicted molar refractivity (Wildman–Crippen MR) is 139 cm³/mol. The van der Waals surface area contributed by atoms with Crippen LogP contribution in [0, 0.1) is 0 Å². The van der Waals surface area contributed by atoms with E-state index in [0.717, 1.165) is 19.2 Å². The number of hydrogen-bond donors (Lipinski definition) is 3. The van der Waals surface area contributed by atoms with E-state index in [2.05, 4.69) is 25.9 Å². The molecule has 3 N–H and O–H groups in total. The number of anilines is 2. The van der Waals surface area contributed by atoms with E-state index in [0.29, 0.717) is 25.5 Å². The Balaban J connectivity index is 1.36. The molecule has 2 aromatic carbocycles. The minimum atomic E-state index is -4.59. The molecule has 0 bridgehead atoms. The molecular weight excluding hydrogens is 537 g/mol. The zero-order chi connectivity index (χ0) is 27.6. The Kier molecular flexibility index (Phi) is 7.69. The molecule has 13 heteroatoms. The average Bonchev–Trinajstić information content (AvgIpc) is 2.91. The SMILES string of the molecule is O=C(Nc1ccc(CN2CCNCC2)c(C(F)(F)F)c1)c1ccc(Cl)c(Oc2ncnc3c2C(=O)CCN3)c1. The second-order valence-electron chi connectivity index (χ2n) is 9.10. The number of nitrogens with zero attached hydrogens (tertiary/aromatic N) is 3. The number of fused-ring (bicyclic) bond motifs is 1. The number of ketones is 1. The van der Waals surface area contributed by atoms with Crippen molar-refractivity contribution in [2.45, 2.75) is 19.1 Å². The quantitative estimate of drug-likeness (QED) is 0.401. The van der Waals surface area contributed by atoms with Gasteiger partial charge < -0.3 is 20.7 Å². The van der Waals surface area contributed by atoms with Crippen LogP contribution in [0.1, 0.15) is 38.3 Å². The van der Waals surface area contributed by atoms with Crippen LogP contribution in [0.25, 0.3) is 0 Å². The third-order valence-corrected chi connectivity index (χ3v) is 6.72. The molecule has 1 amide bonds. The topological polar surface area (TPSA) is 108 Å². The van der Waals surface area contributed by atoms with E-state index in [4.69, 9.17) is 16.3 Å². The van der Waals surface area contributed by atoms with Gasteiger partial charge in [-0.2, -0.15) is 13.2 Å². The van der Waals surface area contributed by atoms with Crippen molar-refractivity contribution in [2.75, 3.05) is 43.4 Å². The van der Waals surface area contributed by atoms with Crippen LogP contribution in [-0.4, -0.2) is 59.3 Å². The summed E-state index contributed by atoms with van der Waals surface area (Å²) >= 11 is 6.27. The molecule has 0 spiro atoms. The minimum absolute atomic E-state index is 0.00431. The van der Waals surface area contributed by atoms with Crippen LogP contribution in [-0.2, 0) is 12.7 Å². The van der Waals surface area contributed by atoms with Crippen molar-refractivity contribution in [2.24, 2.45) is 0 Å². The summed E-state index contributed by atoms with van der Waals surface area (Å²) in [6, 6.07) is 7.93. The third kappa shape index (κ3) is 6.13. The maximum absolute atomic E-state index is 13.9. The molecule has 2 aliphatic heterocycles. The van der Waals surface area contributed by atoms with Crippen molar-refractivity contribution < 1.29 is 27.5 Å². The smallest absolute Gasteiger partial charge is 0.416 e. The van der Waals surface area contributed by atoms with Gasteiger partial charge in [-0.25, -0.2) is 9.97 Å². The molecule has 9 nitrogen and oxygen atoms in total. The van der Waals surface area contributed by atoms with Gasteiger partial charge >= 0.3 is 6.18 Å². The lowest BCUT2D eigenvalue weighted by molar-refractivity contribution is -0.138. The van der Waals surface area contributed by atoms with Gasteiger partial charge in [0, 0.05) is 56.9 Å². The number of carbonyl (C=O) groups is 2. The predicted octanol–water partition coefficient (Wildman–Crippen LogP) is 4.60. The summed E-state index contributed by atoms with van der Waals surface area (Å²) in [4.78, 5) is 35.4. The van der Waals surface area contributed by atoms with Gasteiger partial charge in [0.25, 0.3) is 5.91 Å². The highest BCUT2D eigenvalue weighted by atomic mass is 35.5. The molecule has 0 aliphatic carbocycles. The lowest BCUT2D eigenvalue weighted by Crippen LogP contribution is -2.43. The number of ether oxygens (including phenoxy) is 1. The number of nitrogens with one attached hydrogen (secondary N) is 3. The molecule has 2 aliphatic rings. The number of rotatable bonds is 6. The summed E-state index contributed by atoms with van der Waals surface area (Å²) in [5, 5.41) is 8.84. The Hall–Kier alpha value is -3.74. The molecule has 0 unspecified atom stereocenters. The molecule has 5 rings (SSSR count). The first-order valence-corrected chi connectivity index (χ1v) is 12.6. The molecule has 1 saturated heterocycles. The number of hydrogen-bond acceptors (Lipinski definition) is 8. The van der Waals surface area contributed by atoms with Gasteiger partial charge in [-0.1, -0.05) is 17.7 Å². The van der Waals surface area contributed by atoms with Gasteiger partial charge in [-0.15, -0.1) is 0 Å². The summed E-state index contributed by atoms with van der Waals surface area (Å²) < 4.78 is 47.4. The van der Waals surface area contributed by atoms with Crippen LogP contribution in [0.3, 0.4) is 0 Å². The standard InChI is InChI=1S/C26H24ClF3N6O3/c27-19-4-2-15(11-21(19)39-25-22-20(37)5-6-32-23(22)33-14-34-25)24(38)35-17-3-1-16(18(12-17)26(28,29)30)13-36-9-7-31-8-10-36/h1-4,11-12,14,31H,5-10,13H2,(H,35,38)(H,32,33,34). The Labute approximate surface area is 226 Å². The van der Waals surface area contributed by atoms with Gasteiger partial charge in [0.2, 0.25) is 5.88 Å². The summed E-state index contributed by atoms with van der Waals surface area (Å²) in [5.41, 5.74) is -0.404. The molecule has 39 heavy (non-hydrogen) atoms. The second-order valence-corrected chi connectivity index (χ2v) is 9.51. The Morgan fingerprint density at radius 1 is 1.10 bits per heavy atom. The van der Waals surface area contributed by atoms with Crippen LogP contribution in [0.5, 0.6) is 11.6 Å². The van der Waals surface area contributed by atoms with E-state index < -0.39 is 17.6 Å². The molecule has 0 saturated carbocycles. The molecule has 1 aromatic heterocycles. The number of alkyl halides is 3. The zero-order valence-corrected chi connectivity index (χ0v) is 21.3. The number of Topliss-reactive ketones (excluding diaryl/α,β-unsaturated/α-hetero) is 1. The van der Waals surface area contributed by atoms with Gasteiger partial charge in [0.15, 0.2) is 5.78 Å². The normalized spacial score (nSPS) is 15.8. The van der Waals surface area contributed by atoms with E-state index in [1.807, 2.05) is 4.90 Å². The Morgan fingerprint density at radius 3 is 2.67 bits per heavy atom. The van der Waals surface area contributed by atoms with Gasteiger partial charge in [0.05, 0.1) is 10.6 Å². The number of piperazine rings is 1. The zero-order valence-electron chi connectivity index (χ0n) is 20.6. The van der Waals surface area contributed by atoms with Crippen LogP contribution in [0.4, 0.5) is 24.7 Å². The van der Waals surface area contributed by atoms with Crippen LogP contribution in [0.2, 0.25) is 5.02 Å². The summed E-state index contributed by atoms with van der Waals surface area (Å²) in [5.74, 6) is -0.508. The first-order chi connectivity index (χ1) is 18.7. The van der Waals surface area contributed by atoms with E-state index in [1.165, 1.54) is 36.7 Å². The molecular formula is C26H24ClF3N6O3. The summed E-state index contributed by atoms with van der Waals surface area (Å²) in [6.07, 6.45) is -3.12. The third-order valence-electron chi connectivity index (χ3n) is 6.41. The van der Waals surface area contributed by atoms with Gasteiger partial charge in [-0.3, -0.25) is 14.5 Å². The summed E-state index contributed by atoms with van der Waals surface area (Å²) in [7, 11) is 0. The number of carbonyl (C=O) groups excluding carboxylic acids is 2. The Bertz CT molecular complexity index is 1410. The van der Waals surface area contributed by atoms with Crippen LogP contribution in [0.15, 0.2) is 42.7 Å². The van der Waals surface area contributed by atoms with Crippen molar-refractivity contribution in [3.05, 3.63) is 70.0 Å². The van der Waals surface area contributed by atoms with Gasteiger partial charge in [0.1, 0.15) is 23.5 Å². The number of benzene rings is 2. The Morgan fingerprint density at radius 2 is 1.90 bits per heavy atom. The monoisotopic (exact) mass is 560 g/mol. The highest BCUT2D eigenvalue weighted by molar-refractivity contribution is 6.32. The molecule has 0 radical (unpaired) electrons. The maximum atomic E-state index is 13.9. The van der Waals surface area contributed by atoms with E-state index >= 15 is 0 Å². The number of aromatic nitrogens is 2. The fraction of sp³-hybridized carbons (Fsp3) is 0.308. The van der Waals surface area contributed by atoms with Crippen molar-refractivity contribution in [1.82, 2.24) is 20.2 Å². The van der Waals surface area contributed by atoms with Crippen molar-refractivity contribution >= 4 is 34.8 Å². The van der Waals surface area contributed by atoms with E-state index in [-0.39, 0.29) is 57.8 Å². The molecule has 3 heterocycles. The fourth-order valence-corrected chi connectivity index (χ4v) is 4.60. The largest absolute Gasteiger partial charge is 0.436 e. The lowest BCUT2D eigenvalue weighted by atomic mass is 10.0. The molecule has 0 atom stereocenters. The van der Waals surface area contributed by atoms with Crippen molar-refractivity contribution in [3.8, 4) is 11.6 Å². The highest BCUT2D eigenvalue weighted by Gasteiger charge is 2.34. The highest BCUT2D eigenvalue weighted by Crippen LogP contribution is 2.36. The van der Waals surface area contributed by atoms with Crippen molar-refractivity contribution in [1.29, 1.82) is 0 Å². The fourth-order valence-electron chi connectivity index (χ4n) is 4.45. The molecule has 3 aromatic rings.